The quantitative estimate of drug-likeness (QED) is 0.584. The molecule has 0 amide bonds. The summed E-state index contributed by atoms with van der Waals surface area (Å²) in [7, 11) is 0. The second-order valence-electron chi connectivity index (χ2n) is 3.94. The molecular formula is C12H18N2O2. The zero-order valence-electron chi connectivity index (χ0n) is 9.56. The van der Waals surface area contributed by atoms with Crippen LogP contribution in [0.1, 0.15) is 18.4 Å². The van der Waals surface area contributed by atoms with Gasteiger partial charge in [0.2, 0.25) is 6.04 Å². The van der Waals surface area contributed by atoms with Crippen LogP contribution in [0.4, 0.5) is 0 Å². The molecule has 1 N–H and O–H groups in total. The van der Waals surface area contributed by atoms with Crippen molar-refractivity contribution < 1.29 is 4.92 Å². The van der Waals surface area contributed by atoms with Crippen LogP contribution in [0.2, 0.25) is 0 Å². The monoisotopic (exact) mass is 222 g/mol. The molecule has 4 heteroatoms. The minimum atomic E-state index is -0.334. The minimum Gasteiger partial charge on any atom is -0.310 e. The molecule has 1 heterocycles. The third-order valence-corrected chi connectivity index (χ3v) is 2.51. The van der Waals surface area contributed by atoms with E-state index in [1.54, 1.807) is 0 Å². The van der Waals surface area contributed by atoms with Crippen LogP contribution in [0.25, 0.3) is 0 Å². The fraction of sp³-hybridized carbons (Fsp3) is 0.500. The van der Waals surface area contributed by atoms with Crippen molar-refractivity contribution >= 4 is 0 Å². The topological polar surface area (TPSA) is 55.2 Å². The summed E-state index contributed by atoms with van der Waals surface area (Å²) in [5, 5.41) is 13.1. The summed E-state index contributed by atoms with van der Waals surface area (Å²) >= 11 is 0. The largest absolute Gasteiger partial charge is 0.310 e. The zero-order valence-corrected chi connectivity index (χ0v) is 9.56. The average Bonchev–Trinajstić information content (AvgIpc) is 2.32. The van der Waals surface area contributed by atoms with E-state index in [0.717, 1.165) is 19.4 Å². The fourth-order valence-electron chi connectivity index (χ4n) is 1.55. The van der Waals surface area contributed by atoms with E-state index in [0.29, 0.717) is 6.54 Å². The predicted octanol–water partition coefficient (Wildman–Crippen LogP) is 2.01. The third kappa shape index (κ3) is 4.89. The Labute approximate surface area is 95.8 Å². The Morgan fingerprint density at radius 1 is 1.38 bits per heavy atom. The molecular weight excluding hydrogens is 204 g/mol. The first-order chi connectivity index (χ1) is 7.70. The van der Waals surface area contributed by atoms with Crippen molar-refractivity contribution in [3.63, 3.8) is 0 Å². The van der Waals surface area contributed by atoms with Gasteiger partial charge in [0.25, 0.3) is 0 Å². The van der Waals surface area contributed by atoms with E-state index < -0.39 is 0 Å². The van der Waals surface area contributed by atoms with Crippen LogP contribution in [-0.2, 0) is 0 Å². The summed E-state index contributed by atoms with van der Waals surface area (Å²) in [4.78, 5) is 9.92. The van der Waals surface area contributed by atoms with Gasteiger partial charge in [0.1, 0.15) is 0 Å². The van der Waals surface area contributed by atoms with Gasteiger partial charge in [-0.15, -0.1) is 0 Å². The molecule has 0 spiro atoms. The molecule has 1 aliphatic heterocycles. The summed E-state index contributed by atoms with van der Waals surface area (Å²) in [5.41, 5.74) is 1.32. The minimum absolute atomic E-state index is 0.202. The molecule has 1 atom stereocenters. The Hall–Kier alpha value is -1.42. The second kappa shape index (κ2) is 6.95. The molecule has 2 rings (SSSR count). The van der Waals surface area contributed by atoms with Gasteiger partial charge >= 0.3 is 0 Å². The number of nitrogens with zero attached hydrogens (tertiary/aromatic N) is 1. The van der Waals surface area contributed by atoms with Gasteiger partial charge in [-0.3, -0.25) is 10.1 Å². The Kier molecular flexibility index (Phi) is 5.50. The van der Waals surface area contributed by atoms with Crippen molar-refractivity contribution in [2.75, 3.05) is 13.1 Å². The molecule has 0 saturated carbocycles. The fourth-order valence-corrected chi connectivity index (χ4v) is 1.55. The first kappa shape index (κ1) is 12.6. The molecule has 1 aromatic carbocycles. The van der Waals surface area contributed by atoms with Crippen LogP contribution < -0.4 is 5.32 Å². The van der Waals surface area contributed by atoms with Gasteiger partial charge in [-0.05, 0) is 19.9 Å². The summed E-state index contributed by atoms with van der Waals surface area (Å²) < 4.78 is 0. The van der Waals surface area contributed by atoms with Crippen LogP contribution in [0, 0.1) is 17.0 Å². The maximum atomic E-state index is 10.1. The van der Waals surface area contributed by atoms with Crippen molar-refractivity contribution in [1.29, 1.82) is 0 Å². The summed E-state index contributed by atoms with van der Waals surface area (Å²) in [6.07, 6.45) is 1.67. The van der Waals surface area contributed by atoms with Gasteiger partial charge in [-0.1, -0.05) is 35.9 Å². The van der Waals surface area contributed by atoms with Crippen LogP contribution in [-0.4, -0.2) is 24.1 Å². The molecule has 0 aromatic heterocycles. The number of hydrogen-bond donors (Lipinski definition) is 1. The van der Waals surface area contributed by atoms with E-state index in [4.69, 9.17) is 0 Å². The Balaban J connectivity index is 0.000000165. The van der Waals surface area contributed by atoms with E-state index >= 15 is 0 Å². The van der Waals surface area contributed by atoms with Crippen molar-refractivity contribution in [3.8, 4) is 0 Å². The number of nitro groups is 1. The van der Waals surface area contributed by atoms with Crippen LogP contribution in [0.5, 0.6) is 0 Å². The summed E-state index contributed by atoms with van der Waals surface area (Å²) in [6.45, 7) is 3.57. The summed E-state index contributed by atoms with van der Waals surface area (Å²) in [6, 6.07) is 9.93. The van der Waals surface area contributed by atoms with E-state index in [-0.39, 0.29) is 11.0 Å². The number of hydrogen-bond acceptors (Lipinski definition) is 3. The lowest BCUT2D eigenvalue weighted by atomic mass is 10.1. The molecule has 4 nitrogen and oxygen atoms in total. The molecule has 1 saturated heterocycles. The number of piperidine rings is 1. The highest BCUT2D eigenvalue weighted by atomic mass is 16.6. The van der Waals surface area contributed by atoms with Crippen LogP contribution in [0.15, 0.2) is 30.3 Å². The Bertz CT molecular complexity index is 308. The van der Waals surface area contributed by atoms with Gasteiger partial charge in [0.05, 0.1) is 6.54 Å². The zero-order chi connectivity index (χ0) is 11.8. The highest BCUT2D eigenvalue weighted by Crippen LogP contribution is 2.03. The molecule has 1 unspecified atom stereocenters. The average molecular weight is 222 g/mol. The Morgan fingerprint density at radius 2 is 2.06 bits per heavy atom. The van der Waals surface area contributed by atoms with Gasteiger partial charge in [-0.25, -0.2) is 0 Å². The molecule has 0 radical (unpaired) electrons. The van der Waals surface area contributed by atoms with E-state index in [9.17, 15) is 10.1 Å². The van der Waals surface area contributed by atoms with Gasteiger partial charge in [0.15, 0.2) is 0 Å². The maximum absolute atomic E-state index is 10.1. The van der Waals surface area contributed by atoms with Crippen molar-refractivity contribution in [3.05, 3.63) is 46.0 Å². The Morgan fingerprint density at radius 3 is 2.38 bits per heavy atom. The standard InChI is InChI=1S/C7H8.C5H10N2O2/c1-7-5-3-2-4-6-7;8-7(9)5-2-1-3-6-4-5/h2-6H,1H3;5-6H,1-4H2. The second-order valence-corrected chi connectivity index (χ2v) is 3.94. The lowest BCUT2D eigenvalue weighted by Crippen LogP contribution is -2.38. The highest BCUT2D eigenvalue weighted by molar-refractivity contribution is 5.11. The highest BCUT2D eigenvalue weighted by Gasteiger charge is 2.21. The van der Waals surface area contributed by atoms with E-state index in [2.05, 4.69) is 24.4 Å². The SMILES string of the molecule is Cc1ccccc1.O=[N+]([O-])C1CCCNC1. The number of aryl methyl sites for hydroxylation is 1. The van der Waals surface area contributed by atoms with E-state index in [1.807, 2.05) is 18.2 Å². The lowest BCUT2D eigenvalue weighted by Gasteiger charge is -2.15. The van der Waals surface area contributed by atoms with Crippen molar-refractivity contribution in [1.82, 2.24) is 5.32 Å². The third-order valence-electron chi connectivity index (χ3n) is 2.51. The van der Waals surface area contributed by atoms with Gasteiger partial charge in [0, 0.05) is 11.3 Å². The molecule has 0 aliphatic carbocycles. The number of nitrogens with one attached hydrogen (secondary N) is 1. The lowest BCUT2D eigenvalue weighted by molar-refractivity contribution is -0.522. The first-order valence-electron chi connectivity index (χ1n) is 5.56. The molecule has 16 heavy (non-hydrogen) atoms. The van der Waals surface area contributed by atoms with Crippen molar-refractivity contribution in [2.24, 2.45) is 0 Å². The molecule has 0 bridgehead atoms. The predicted molar refractivity (Wildman–Crippen MR) is 64.1 cm³/mol. The normalized spacial score (nSPS) is 19.4. The number of rotatable bonds is 1. The first-order valence-corrected chi connectivity index (χ1v) is 5.56. The van der Waals surface area contributed by atoms with Gasteiger partial charge in [-0.2, -0.15) is 0 Å². The van der Waals surface area contributed by atoms with E-state index in [1.165, 1.54) is 5.56 Å². The summed E-state index contributed by atoms with van der Waals surface area (Å²) in [5.74, 6) is 0. The van der Waals surface area contributed by atoms with Gasteiger partial charge < -0.3 is 5.32 Å². The molecule has 1 fully saturated rings. The van der Waals surface area contributed by atoms with Crippen molar-refractivity contribution in [2.45, 2.75) is 25.8 Å². The molecule has 88 valence electrons. The maximum Gasteiger partial charge on any atom is 0.225 e. The van der Waals surface area contributed by atoms with Crippen LogP contribution in [0.3, 0.4) is 0 Å². The molecule has 1 aromatic rings. The smallest absolute Gasteiger partial charge is 0.225 e. The number of benzene rings is 1. The van der Waals surface area contributed by atoms with Crippen LogP contribution >= 0.6 is 0 Å². The molecule has 1 aliphatic rings.